The SMILES string of the molecule is c1ccc2c(c1)CCc1sc(C3COCCN3)nc1-2. The molecule has 4 rings (SSSR count). The van der Waals surface area contributed by atoms with Gasteiger partial charge in [-0.05, 0) is 18.4 Å². The van der Waals surface area contributed by atoms with Crippen molar-refractivity contribution in [2.45, 2.75) is 18.9 Å². The minimum Gasteiger partial charge on any atom is -0.378 e. The summed E-state index contributed by atoms with van der Waals surface area (Å²) in [4.78, 5) is 6.32. The molecule has 1 aliphatic carbocycles. The van der Waals surface area contributed by atoms with Crippen LogP contribution in [0.3, 0.4) is 0 Å². The van der Waals surface area contributed by atoms with Gasteiger partial charge < -0.3 is 10.1 Å². The van der Waals surface area contributed by atoms with Crippen LogP contribution in [0.5, 0.6) is 0 Å². The van der Waals surface area contributed by atoms with E-state index in [1.54, 1.807) is 0 Å². The van der Waals surface area contributed by atoms with Crippen molar-refractivity contribution in [2.75, 3.05) is 19.8 Å². The molecule has 0 amide bonds. The average Bonchev–Trinajstić information content (AvgIpc) is 2.93. The summed E-state index contributed by atoms with van der Waals surface area (Å²) in [6.07, 6.45) is 2.26. The highest BCUT2D eigenvalue weighted by Gasteiger charge is 2.25. The van der Waals surface area contributed by atoms with Crippen molar-refractivity contribution in [3.63, 3.8) is 0 Å². The van der Waals surface area contributed by atoms with Crippen molar-refractivity contribution >= 4 is 11.3 Å². The zero-order chi connectivity index (χ0) is 12.7. The Morgan fingerprint density at radius 2 is 2.21 bits per heavy atom. The van der Waals surface area contributed by atoms with Crippen LogP contribution in [-0.4, -0.2) is 24.7 Å². The Kier molecular flexibility index (Phi) is 2.87. The van der Waals surface area contributed by atoms with Crippen LogP contribution in [0.25, 0.3) is 11.3 Å². The zero-order valence-corrected chi connectivity index (χ0v) is 11.5. The smallest absolute Gasteiger partial charge is 0.113 e. The maximum Gasteiger partial charge on any atom is 0.113 e. The molecule has 1 saturated heterocycles. The van der Waals surface area contributed by atoms with Gasteiger partial charge in [0.25, 0.3) is 0 Å². The second-order valence-corrected chi connectivity index (χ2v) is 6.18. The number of rotatable bonds is 1. The van der Waals surface area contributed by atoms with Gasteiger partial charge >= 0.3 is 0 Å². The molecule has 0 saturated carbocycles. The van der Waals surface area contributed by atoms with E-state index >= 15 is 0 Å². The molecular weight excluding hydrogens is 256 g/mol. The van der Waals surface area contributed by atoms with E-state index in [0.29, 0.717) is 0 Å². The van der Waals surface area contributed by atoms with Crippen molar-refractivity contribution in [3.05, 3.63) is 39.7 Å². The summed E-state index contributed by atoms with van der Waals surface area (Å²) >= 11 is 1.85. The minimum atomic E-state index is 0.275. The number of aryl methyl sites for hydroxylation is 2. The number of aromatic nitrogens is 1. The van der Waals surface area contributed by atoms with E-state index in [9.17, 15) is 0 Å². The number of nitrogens with zero attached hydrogens (tertiary/aromatic N) is 1. The second kappa shape index (κ2) is 4.71. The fraction of sp³-hybridized carbons (Fsp3) is 0.400. The monoisotopic (exact) mass is 272 g/mol. The van der Waals surface area contributed by atoms with Gasteiger partial charge in [-0.1, -0.05) is 24.3 Å². The molecule has 1 aliphatic heterocycles. The summed E-state index contributed by atoms with van der Waals surface area (Å²) in [5.41, 5.74) is 3.96. The summed E-state index contributed by atoms with van der Waals surface area (Å²) in [6.45, 7) is 2.48. The highest BCUT2D eigenvalue weighted by atomic mass is 32.1. The van der Waals surface area contributed by atoms with Gasteiger partial charge in [-0.3, -0.25) is 0 Å². The molecule has 0 bridgehead atoms. The molecule has 3 nitrogen and oxygen atoms in total. The van der Waals surface area contributed by atoms with Gasteiger partial charge in [0.05, 0.1) is 24.9 Å². The summed E-state index contributed by atoms with van der Waals surface area (Å²) in [7, 11) is 0. The molecule has 1 N–H and O–H groups in total. The fourth-order valence-corrected chi connectivity index (χ4v) is 3.98. The number of morpholine rings is 1. The van der Waals surface area contributed by atoms with Crippen LogP contribution in [0.4, 0.5) is 0 Å². The third-order valence-electron chi connectivity index (χ3n) is 3.83. The number of thiazole rings is 1. The highest BCUT2D eigenvalue weighted by molar-refractivity contribution is 7.12. The molecule has 19 heavy (non-hydrogen) atoms. The van der Waals surface area contributed by atoms with Crippen molar-refractivity contribution in [1.82, 2.24) is 10.3 Å². The van der Waals surface area contributed by atoms with Gasteiger partial charge in [0.15, 0.2) is 0 Å². The summed E-state index contributed by atoms with van der Waals surface area (Å²) in [6, 6.07) is 8.92. The summed E-state index contributed by atoms with van der Waals surface area (Å²) in [5.74, 6) is 0. The first kappa shape index (κ1) is 11.6. The first-order valence-corrected chi connectivity index (χ1v) is 7.62. The normalized spacial score (nSPS) is 21.8. The molecule has 1 aromatic heterocycles. The van der Waals surface area contributed by atoms with Crippen LogP contribution in [0, 0.1) is 0 Å². The molecule has 1 atom stereocenters. The van der Waals surface area contributed by atoms with Crippen LogP contribution in [0.15, 0.2) is 24.3 Å². The third-order valence-corrected chi connectivity index (χ3v) is 5.06. The topological polar surface area (TPSA) is 34.1 Å². The number of hydrogen-bond acceptors (Lipinski definition) is 4. The van der Waals surface area contributed by atoms with Crippen molar-refractivity contribution in [2.24, 2.45) is 0 Å². The molecule has 4 heteroatoms. The van der Waals surface area contributed by atoms with Gasteiger partial charge in [-0.2, -0.15) is 0 Å². The fourth-order valence-electron chi connectivity index (χ4n) is 2.84. The molecule has 2 heterocycles. The first-order valence-electron chi connectivity index (χ1n) is 6.81. The lowest BCUT2D eigenvalue weighted by Crippen LogP contribution is -2.34. The van der Waals surface area contributed by atoms with Crippen molar-refractivity contribution in [1.29, 1.82) is 0 Å². The van der Waals surface area contributed by atoms with Gasteiger partial charge in [0.2, 0.25) is 0 Å². The van der Waals surface area contributed by atoms with Gasteiger partial charge in [-0.25, -0.2) is 4.98 Å². The Hall–Kier alpha value is -1.23. The zero-order valence-electron chi connectivity index (χ0n) is 10.7. The number of fused-ring (bicyclic) bond motifs is 3. The minimum absolute atomic E-state index is 0.275. The number of benzene rings is 1. The van der Waals surface area contributed by atoms with E-state index in [4.69, 9.17) is 9.72 Å². The predicted molar refractivity (Wildman–Crippen MR) is 76.5 cm³/mol. The number of nitrogens with one attached hydrogen (secondary N) is 1. The lowest BCUT2D eigenvalue weighted by molar-refractivity contribution is 0.0768. The second-order valence-electron chi connectivity index (χ2n) is 5.06. The average molecular weight is 272 g/mol. The van der Waals surface area contributed by atoms with Crippen molar-refractivity contribution < 1.29 is 4.74 Å². The standard InChI is InChI=1S/C15H16N2OS/c1-2-4-11-10(3-1)5-6-13-14(11)17-15(19-13)12-9-18-8-7-16-12/h1-4,12,16H,5-9H2. The first-order chi connectivity index (χ1) is 9.42. The Morgan fingerprint density at radius 3 is 3.11 bits per heavy atom. The molecule has 1 unspecified atom stereocenters. The molecular formula is C15H16N2OS. The molecule has 1 fully saturated rings. The molecule has 98 valence electrons. The number of hydrogen-bond donors (Lipinski definition) is 1. The Balaban J connectivity index is 1.74. The highest BCUT2D eigenvalue weighted by Crippen LogP contribution is 2.37. The largest absolute Gasteiger partial charge is 0.378 e. The van der Waals surface area contributed by atoms with Gasteiger partial charge in [0, 0.05) is 17.0 Å². The van der Waals surface area contributed by atoms with Gasteiger partial charge in [-0.15, -0.1) is 11.3 Å². The van der Waals surface area contributed by atoms with Crippen LogP contribution in [-0.2, 0) is 17.6 Å². The summed E-state index contributed by atoms with van der Waals surface area (Å²) < 4.78 is 5.54. The van der Waals surface area contributed by atoms with Crippen LogP contribution in [0.1, 0.15) is 21.5 Å². The van der Waals surface area contributed by atoms with E-state index in [2.05, 4.69) is 29.6 Å². The predicted octanol–water partition coefficient (Wildman–Crippen LogP) is 2.57. The lowest BCUT2D eigenvalue weighted by Gasteiger charge is -2.21. The maximum atomic E-state index is 5.54. The van der Waals surface area contributed by atoms with E-state index < -0.39 is 0 Å². The van der Waals surface area contributed by atoms with E-state index in [1.165, 1.54) is 26.7 Å². The molecule has 0 radical (unpaired) electrons. The Morgan fingerprint density at radius 1 is 1.26 bits per heavy atom. The third kappa shape index (κ3) is 2.00. The lowest BCUT2D eigenvalue weighted by atomic mass is 9.94. The number of ether oxygens (including phenoxy) is 1. The quantitative estimate of drug-likeness (QED) is 0.866. The molecule has 1 aromatic carbocycles. The molecule has 2 aromatic rings. The van der Waals surface area contributed by atoms with E-state index in [1.807, 2.05) is 11.3 Å². The van der Waals surface area contributed by atoms with E-state index in [-0.39, 0.29) is 6.04 Å². The van der Waals surface area contributed by atoms with Crippen LogP contribution in [0.2, 0.25) is 0 Å². The van der Waals surface area contributed by atoms with E-state index in [0.717, 1.165) is 32.6 Å². The maximum absolute atomic E-state index is 5.54. The van der Waals surface area contributed by atoms with Crippen LogP contribution >= 0.6 is 11.3 Å². The van der Waals surface area contributed by atoms with Gasteiger partial charge in [0.1, 0.15) is 5.01 Å². The Bertz CT molecular complexity index is 602. The van der Waals surface area contributed by atoms with Crippen LogP contribution < -0.4 is 5.32 Å². The van der Waals surface area contributed by atoms with Crippen molar-refractivity contribution in [3.8, 4) is 11.3 Å². The Labute approximate surface area is 116 Å². The molecule has 0 spiro atoms. The molecule has 2 aliphatic rings. The summed E-state index contributed by atoms with van der Waals surface area (Å²) in [5, 5.41) is 4.67.